The van der Waals surface area contributed by atoms with Crippen molar-refractivity contribution in [2.45, 2.75) is 27.2 Å². The molecule has 2 aromatic rings. The highest BCUT2D eigenvalue weighted by Crippen LogP contribution is 2.28. The maximum Gasteiger partial charge on any atom is 0.231 e. The summed E-state index contributed by atoms with van der Waals surface area (Å²) in [6.45, 7) is 5.93. The fourth-order valence-electron chi connectivity index (χ4n) is 2.05. The van der Waals surface area contributed by atoms with E-state index in [0.29, 0.717) is 17.1 Å². The minimum Gasteiger partial charge on any atom is -0.496 e. The van der Waals surface area contributed by atoms with Gasteiger partial charge in [0.15, 0.2) is 5.76 Å². The zero-order chi connectivity index (χ0) is 14.0. The average molecular weight is 258 g/mol. The quantitative estimate of drug-likeness (QED) is 0.785. The van der Waals surface area contributed by atoms with Gasteiger partial charge in [0.2, 0.25) is 5.78 Å². The number of hydrogen-bond acceptors (Lipinski definition) is 3. The van der Waals surface area contributed by atoms with Crippen molar-refractivity contribution < 1.29 is 13.9 Å². The summed E-state index contributed by atoms with van der Waals surface area (Å²) in [4.78, 5) is 12.4. The maximum absolute atomic E-state index is 12.4. The molecule has 100 valence electrons. The number of carbonyl (C=O) groups excluding carboxylic acids is 1. The van der Waals surface area contributed by atoms with Crippen molar-refractivity contribution in [3.8, 4) is 5.75 Å². The molecule has 0 N–H and O–H groups in total. The summed E-state index contributed by atoms with van der Waals surface area (Å²) in [5, 5.41) is 0. The summed E-state index contributed by atoms with van der Waals surface area (Å²) in [5.41, 5.74) is 2.63. The summed E-state index contributed by atoms with van der Waals surface area (Å²) in [7, 11) is 1.58. The highest BCUT2D eigenvalue weighted by atomic mass is 16.5. The third-order valence-corrected chi connectivity index (χ3v) is 3.36. The van der Waals surface area contributed by atoms with E-state index in [4.69, 9.17) is 9.15 Å². The molecular formula is C16H18O3. The highest BCUT2D eigenvalue weighted by molar-refractivity contribution is 6.09. The molecule has 0 spiro atoms. The van der Waals surface area contributed by atoms with Gasteiger partial charge < -0.3 is 9.15 Å². The SMILES string of the molecule is CCc1ccc(C(=O)c2ccc(C)c(C)c2OC)o1. The predicted molar refractivity (Wildman–Crippen MR) is 74.0 cm³/mol. The van der Waals surface area contributed by atoms with E-state index in [1.54, 1.807) is 19.2 Å². The van der Waals surface area contributed by atoms with E-state index in [2.05, 4.69) is 0 Å². The van der Waals surface area contributed by atoms with Crippen molar-refractivity contribution in [2.24, 2.45) is 0 Å². The molecule has 0 amide bonds. The van der Waals surface area contributed by atoms with Crippen LogP contribution in [0, 0.1) is 13.8 Å². The number of methoxy groups -OCH3 is 1. The number of aryl methyl sites for hydroxylation is 2. The van der Waals surface area contributed by atoms with E-state index in [9.17, 15) is 4.79 Å². The molecule has 0 aliphatic heterocycles. The van der Waals surface area contributed by atoms with Crippen LogP contribution < -0.4 is 4.74 Å². The molecule has 3 nitrogen and oxygen atoms in total. The lowest BCUT2D eigenvalue weighted by Gasteiger charge is -2.11. The Morgan fingerprint density at radius 2 is 1.95 bits per heavy atom. The molecule has 1 aromatic heterocycles. The van der Waals surface area contributed by atoms with Crippen molar-refractivity contribution in [2.75, 3.05) is 7.11 Å². The molecular weight excluding hydrogens is 240 g/mol. The third kappa shape index (κ3) is 2.41. The number of benzene rings is 1. The Morgan fingerprint density at radius 3 is 2.53 bits per heavy atom. The van der Waals surface area contributed by atoms with Crippen LogP contribution in [0.1, 0.15) is 39.9 Å². The van der Waals surface area contributed by atoms with Gasteiger partial charge in [-0.1, -0.05) is 13.0 Å². The zero-order valence-corrected chi connectivity index (χ0v) is 11.7. The summed E-state index contributed by atoms with van der Waals surface area (Å²) in [5.74, 6) is 1.66. The summed E-state index contributed by atoms with van der Waals surface area (Å²) in [6, 6.07) is 7.27. The first-order valence-electron chi connectivity index (χ1n) is 6.36. The van der Waals surface area contributed by atoms with Crippen molar-refractivity contribution in [1.29, 1.82) is 0 Å². The van der Waals surface area contributed by atoms with E-state index in [-0.39, 0.29) is 5.78 Å². The second-order valence-corrected chi connectivity index (χ2v) is 4.54. The highest BCUT2D eigenvalue weighted by Gasteiger charge is 2.19. The number of hydrogen-bond donors (Lipinski definition) is 0. The Labute approximate surface area is 113 Å². The molecule has 1 heterocycles. The molecule has 19 heavy (non-hydrogen) atoms. The second kappa shape index (κ2) is 5.31. The monoisotopic (exact) mass is 258 g/mol. The van der Waals surface area contributed by atoms with Crippen molar-refractivity contribution >= 4 is 5.78 Å². The molecule has 0 saturated carbocycles. The normalized spacial score (nSPS) is 10.5. The van der Waals surface area contributed by atoms with Crippen LogP contribution in [0.5, 0.6) is 5.75 Å². The van der Waals surface area contributed by atoms with Gasteiger partial charge in [0, 0.05) is 6.42 Å². The van der Waals surface area contributed by atoms with Crippen LogP contribution in [0.15, 0.2) is 28.7 Å². The topological polar surface area (TPSA) is 39.4 Å². The van der Waals surface area contributed by atoms with Gasteiger partial charge in [-0.05, 0) is 43.2 Å². The fourth-order valence-corrected chi connectivity index (χ4v) is 2.05. The Hall–Kier alpha value is -2.03. The lowest BCUT2D eigenvalue weighted by Crippen LogP contribution is -2.05. The Kier molecular flexibility index (Phi) is 3.74. The smallest absolute Gasteiger partial charge is 0.231 e. The van der Waals surface area contributed by atoms with Crippen molar-refractivity contribution in [3.63, 3.8) is 0 Å². The van der Waals surface area contributed by atoms with Gasteiger partial charge >= 0.3 is 0 Å². The summed E-state index contributed by atoms with van der Waals surface area (Å²) < 4.78 is 10.9. The van der Waals surface area contributed by atoms with E-state index in [1.807, 2.05) is 32.9 Å². The standard InChI is InChI=1S/C16H18O3/c1-5-12-7-9-14(19-12)15(17)13-8-6-10(2)11(3)16(13)18-4/h6-9H,5H2,1-4H3. The van der Waals surface area contributed by atoms with Crippen LogP contribution in [-0.2, 0) is 6.42 Å². The number of ketones is 1. The molecule has 0 fully saturated rings. The van der Waals surface area contributed by atoms with E-state index < -0.39 is 0 Å². The van der Waals surface area contributed by atoms with Crippen LogP contribution in [0.4, 0.5) is 0 Å². The van der Waals surface area contributed by atoms with Gasteiger partial charge in [-0.3, -0.25) is 4.79 Å². The van der Waals surface area contributed by atoms with Gasteiger partial charge in [-0.2, -0.15) is 0 Å². The first kappa shape index (κ1) is 13.4. The van der Waals surface area contributed by atoms with Crippen molar-refractivity contribution in [1.82, 2.24) is 0 Å². The van der Waals surface area contributed by atoms with E-state index in [0.717, 1.165) is 23.3 Å². The molecule has 0 atom stereocenters. The van der Waals surface area contributed by atoms with Gasteiger partial charge in [0.05, 0.1) is 12.7 Å². The van der Waals surface area contributed by atoms with E-state index >= 15 is 0 Å². The van der Waals surface area contributed by atoms with Crippen LogP contribution >= 0.6 is 0 Å². The zero-order valence-electron chi connectivity index (χ0n) is 11.7. The molecule has 0 aliphatic rings. The summed E-state index contributed by atoms with van der Waals surface area (Å²) in [6.07, 6.45) is 0.775. The van der Waals surface area contributed by atoms with E-state index in [1.165, 1.54) is 0 Å². The predicted octanol–water partition coefficient (Wildman–Crippen LogP) is 3.70. The average Bonchev–Trinajstić information content (AvgIpc) is 2.89. The number of ether oxygens (including phenoxy) is 1. The molecule has 2 rings (SSSR count). The largest absolute Gasteiger partial charge is 0.496 e. The lowest BCUT2D eigenvalue weighted by molar-refractivity contribution is 0.100. The molecule has 0 radical (unpaired) electrons. The molecule has 3 heteroatoms. The van der Waals surface area contributed by atoms with Gasteiger partial charge in [-0.25, -0.2) is 0 Å². The lowest BCUT2D eigenvalue weighted by atomic mass is 10.0. The van der Waals surface area contributed by atoms with Crippen LogP contribution in [0.3, 0.4) is 0 Å². The van der Waals surface area contributed by atoms with Gasteiger partial charge in [0.1, 0.15) is 11.5 Å². The molecule has 0 unspecified atom stereocenters. The Bertz CT molecular complexity index is 608. The molecule has 0 saturated heterocycles. The Morgan fingerprint density at radius 1 is 1.21 bits per heavy atom. The number of rotatable bonds is 4. The first-order valence-corrected chi connectivity index (χ1v) is 6.36. The van der Waals surface area contributed by atoms with Gasteiger partial charge in [0.25, 0.3) is 0 Å². The second-order valence-electron chi connectivity index (χ2n) is 4.54. The van der Waals surface area contributed by atoms with Crippen LogP contribution in [-0.4, -0.2) is 12.9 Å². The minimum atomic E-state index is -0.139. The van der Waals surface area contributed by atoms with Crippen LogP contribution in [0.2, 0.25) is 0 Å². The third-order valence-electron chi connectivity index (χ3n) is 3.36. The molecule has 0 bridgehead atoms. The van der Waals surface area contributed by atoms with Gasteiger partial charge in [-0.15, -0.1) is 0 Å². The minimum absolute atomic E-state index is 0.139. The molecule has 0 aliphatic carbocycles. The van der Waals surface area contributed by atoms with Crippen molar-refractivity contribution in [3.05, 3.63) is 52.5 Å². The number of carbonyl (C=O) groups is 1. The maximum atomic E-state index is 12.4. The molecule has 1 aromatic carbocycles. The first-order chi connectivity index (χ1) is 9.08. The summed E-state index contributed by atoms with van der Waals surface area (Å²) >= 11 is 0. The number of furan rings is 1. The Balaban J connectivity index is 2.46. The fraction of sp³-hybridized carbons (Fsp3) is 0.312. The van der Waals surface area contributed by atoms with Crippen LogP contribution in [0.25, 0.3) is 0 Å².